The van der Waals surface area contributed by atoms with E-state index >= 15 is 0 Å². The molecule has 3 aromatic rings. The molecule has 0 saturated heterocycles. The number of H-pyrrole nitrogens is 1. The summed E-state index contributed by atoms with van der Waals surface area (Å²) in [6, 6.07) is 7.87. The number of hydrogen-bond donors (Lipinski definition) is 6. The Bertz CT molecular complexity index is 1170. The van der Waals surface area contributed by atoms with Crippen molar-refractivity contribution in [1.82, 2.24) is 25.2 Å². The third-order valence-electron chi connectivity index (χ3n) is 5.09. The number of nitrogens with zero attached hydrogens (tertiary/aromatic N) is 2. The summed E-state index contributed by atoms with van der Waals surface area (Å²) in [7, 11) is 0. The molecule has 10 nitrogen and oxygen atoms in total. The van der Waals surface area contributed by atoms with Crippen LogP contribution in [0.2, 0.25) is 0 Å². The van der Waals surface area contributed by atoms with Gasteiger partial charge in [-0.25, -0.2) is 4.79 Å². The summed E-state index contributed by atoms with van der Waals surface area (Å²) in [6.07, 6.45) is 2.34. The number of carboxylic acid groups (broad SMARTS) is 1. The SMILES string of the molecule is CC(C)(C)c1cc2cn(-c3ccc([C@@H](NCCCNC(=N)N)C(=O)O)cc3)c(=O)nc2[nH]1. The summed E-state index contributed by atoms with van der Waals surface area (Å²) < 4.78 is 1.45. The molecule has 0 radical (unpaired) electrons. The first-order chi connectivity index (χ1) is 15.1. The zero-order valence-electron chi connectivity index (χ0n) is 18.4. The number of hydrogen-bond acceptors (Lipinski definition) is 5. The third kappa shape index (κ3) is 5.33. The second-order valence-electron chi connectivity index (χ2n) is 8.64. The second kappa shape index (κ2) is 9.23. The third-order valence-corrected chi connectivity index (χ3v) is 5.09. The van der Waals surface area contributed by atoms with E-state index < -0.39 is 17.7 Å². The fourth-order valence-corrected chi connectivity index (χ4v) is 3.32. The Hall–Kier alpha value is -3.66. The topological polar surface area (TPSA) is 162 Å². The number of carboxylic acids is 1. The molecule has 2 aromatic heterocycles. The van der Waals surface area contributed by atoms with E-state index in [1.54, 1.807) is 30.5 Å². The molecule has 1 aromatic carbocycles. The maximum absolute atomic E-state index is 12.6. The van der Waals surface area contributed by atoms with Crippen molar-refractivity contribution in [3.8, 4) is 5.69 Å². The number of guanidine groups is 1. The molecule has 7 N–H and O–H groups in total. The highest BCUT2D eigenvalue weighted by molar-refractivity contribution is 5.77. The molecule has 0 spiro atoms. The van der Waals surface area contributed by atoms with E-state index in [4.69, 9.17) is 11.1 Å². The zero-order valence-corrected chi connectivity index (χ0v) is 18.4. The summed E-state index contributed by atoms with van der Waals surface area (Å²) in [5.41, 5.74) is 7.41. The largest absolute Gasteiger partial charge is 0.480 e. The summed E-state index contributed by atoms with van der Waals surface area (Å²) in [4.78, 5) is 31.6. The average molecular weight is 440 g/mol. The lowest BCUT2D eigenvalue weighted by Crippen LogP contribution is -2.34. The standard InChI is InChI=1S/C22H29N7O3/c1-22(2,3)16-11-14-12-29(21(32)28-18(14)27-16)15-7-5-13(6-8-15)17(19(30)31)25-9-4-10-26-20(23)24/h5-8,11-12,17,25H,4,9-10H2,1-3H3,(H,30,31)(H4,23,24,26)(H,27,28,32)/t17-/m1/s1. The van der Waals surface area contributed by atoms with Crippen molar-refractivity contribution < 1.29 is 9.90 Å². The van der Waals surface area contributed by atoms with Crippen LogP contribution in [-0.2, 0) is 10.2 Å². The number of nitrogens with one attached hydrogen (secondary N) is 4. The maximum Gasteiger partial charge on any atom is 0.354 e. The molecular formula is C22H29N7O3. The highest BCUT2D eigenvalue weighted by Crippen LogP contribution is 2.24. The summed E-state index contributed by atoms with van der Waals surface area (Å²) in [5, 5.41) is 23.2. The minimum absolute atomic E-state index is 0.1000. The number of aliphatic carboxylic acids is 1. The number of carbonyl (C=O) groups is 1. The van der Waals surface area contributed by atoms with Crippen LogP contribution in [0.15, 0.2) is 41.3 Å². The second-order valence-corrected chi connectivity index (χ2v) is 8.64. The van der Waals surface area contributed by atoms with Crippen molar-refractivity contribution >= 4 is 23.0 Å². The van der Waals surface area contributed by atoms with Gasteiger partial charge < -0.3 is 26.5 Å². The summed E-state index contributed by atoms with van der Waals surface area (Å²) in [5.74, 6) is -1.12. The highest BCUT2D eigenvalue weighted by atomic mass is 16.4. The molecule has 32 heavy (non-hydrogen) atoms. The Labute approximate surface area is 185 Å². The normalized spacial score (nSPS) is 12.6. The van der Waals surface area contributed by atoms with Gasteiger partial charge in [-0.3, -0.25) is 14.8 Å². The summed E-state index contributed by atoms with van der Waals surface area (Å²) >= 11 is 0. The monoisotopic (exact) mass is 439 g/mol. The van der Waals surface area contributed by atoms with Crippen LogP contribution >= 0.6 is 0 Å². The minimum Gasteiger partial charge on any atom is -0.480 e. The maximum atomic E-state index is 12.6. The van der Waals surface area contributed by atoms with E-state index in [1.165, 1.54) is 4.57 Å². The van der Waals surface area contributed by atoms with E-state index in [0.717, 1.165) is 11.1 Å². The quantitative estimate of drug-likeness (QED) is 0.176. The molecule has 0 bridgehead atoms. The van der Waals surface area contributed by atoms with E-state index in [-0.39, 0.29) is 11.4 Å². The van der Waals surface area contributed by atoms with Crippen LogP contribution in [0.5, 0.6) is 0 Å². The van der Waals surface area contributed by atoms with Gasteiger partial charge in [-0.05, 0) is 36.7 Å². The van der Waals surface area contributed by atoms with Crippen LogP contribution in [-0.4, -0.2) is 44.7 Å². The predicted molar refractivity (Wildman–Crippen MR) is 123 cm³/mol. The first-order valence-corrected chi connectivity index (χ1v) is 10.3. The average Bonchev–Trinajstić information content (AvgIpc) is 3.13. The van der Waals surface area contributed by atoms with Gasteiger partial charge in [-0.15, -0.1) is 0 Å². The molecule has 0 saturated carbocycles. The smallest absolute Gasteiger partial charge is 0.354 e. The fourth-order valence-electron chi connectivity index (χ4n) is 3.32. The molecule has 170 valence electrons. The first-order valence-electron chi connectivity index (χ1n) is 10.3. The number of rotatable bonds is 8. The Morgan fingerprint density at radius 3 is 2.56 bits per heavy atom. The number of fused-ring (bicyclic) bond motifs is 1. The number of aromatic amines is 1. The van der Waals surface area contributed by atoms with Gasteiger partial charge in [0, 0.05) is 29.2 Å². The lowest BCUT2D eigenvalue weighted by Gasteiger charge is -2.16. The minimum atomic E-state index is -1.00. The van der Waals surface area contributed by atoms with Gasteiger partial charge in [0.25, 0.3) is 0 Å². The molecule has 2 heterocycles. The Kier molecular flexibility index (Phi) is 6.64. The summed E-state index contributed by atoms with van der Waals surface area (Å²) in [6.45, 7) is 7.14. The molecule has 10 heteroatoms. The van der Waals surface area contributed by atoms with Gasteiger partial charge in [0.15, 0.2) is 5.96 Å². The van der Waals surface area contributed by atoms with Crippen LogP contribution < -0.4 is 22.1 Å². The van der Waals surface area contributed by atoms with Crippen LogP contribution in [0.3, 0.4) is 0 Å². The van der Waals surface area contributed by atoms with E-state index in [2.05, 4.69) is 41.4 Å². The van der Waals surface area contributed by atoms with Crippen LogP contribution in [0, 0.1) is 5.41 Å². The Balaban J connectivity index is 1.79. The van der Waals surface area contributed by atoms with Crippen molar-refractivity contribution in [2.24, 2.45) is 5.73 Å². The van der Waals surface area contributed by atoms with Crippen molar-refractivity contribution in [2.75, 3.05) is 13.1 Å². The van der Waals surface area contributed by atoms with Crippen molar-refractivity contribution in [3.05, 3.63) is 58.3 Å². The van der Waals surface area contributed by atoms with Gasteiger partial charge >= 0.3 is 11.7 Å². The van der Waals surface area contributed by atoms with Gasteiger partial charge in [-0.2, -0.15) is 4.98 Å². The molecule has 1 atom stereocenters. The number of benzene rings is 1. The van der Waals surface area contributed by atoms with Gasteiger partial charge in [0.1, 0.15) is 11.7 Å². The molecule has 0 unspecified atom stereocenters. The number of nitrogens with two attached hydrogens (primary N) is 1. The lowest BCUT2D eigenvalue weighted by atomic mass is 9.92. The van der Waals surface area contributed by atoms with E-state index in [0.29, 0.717) is 36.4 Å². The van der Waals surface area contributed by atoms with Crippen molar-refractivity contribution in [2.45, 2.75) is 38.6 Å². The van der Waals surface area contributed by atoms with Crippen molar-refractivity contribution in [1.29, 1.82) is 5.41 Å². The molecule has 0 fully saturated rings. The van der Waals surface area contributed by atoms with E-state index in [9.17, 15) is 14.7 Å². The van der Waals surface area contributed by atoms with Crippen LogP contribution in [0.1, 0.15) is 44.5 Å². The van der Waals surface area contributed by atoms with Gasteiger partial charge in [0.05, 0.1) is 5.69 Å². The lowest BCUT2D eigenvalue weighted by molar-refractivity contribution is -0.139. The van der Waals surface area contributed by atoms with Crippen LogP contribution in [0.4, 0.5) is 0 Å². The molecule has 0 aliphatic heterocycles. The number of aromatic nitrogens is 3. The van der Waals surface area contributed by atoms with E-state index in [1.807, 2.05) is 6.07 Å². The van der Waals surface area contributed by atoms with Gasteiger partial charge in [0.2, 0.25) is 0 Å². The first kappa shape index (κ1) is 23.0. The van der Waals surface area contributed by atoms with Crippen molar-refractivity contribution in [3.63, 3.8) is 0 Å². The molecular weight excluding hydrogens is 410 g/mol. The molecule has 0 amide bonds. The molecule has 0 aliphatic rings. The molecule has 0 aliphatic carbocycles. The van der Waals surface area contributed by atoms with Gasteiger partial charge in [-0.1, -0.05) is 32.9 Å². The highest BCUT2D eigenvalue weighted by Gasteiger charge is 2.20. The zero-order chi connectivity index (χ0) is 23.5. The predicted octanol–water partition coefficient (Wildman–Crippen LogP) is 1.60. The molecule has 3 rings (SSSR count). The Morgan fingerprint density at radius 1 is 1.28 bits per heavy atom. The fraction of sp³-hybridized carbons (Fsp3) is 0.364. The Morgan fingerprint density at radius 2 is 1.97 bits per heavy atom. The van der Waals surface area contributed by atoms with Crippen LogP contribution in [0.25, 0.3) is 16.7 Å².